The van der Waals surface area contributed by atoms with Crippen LogP contribution in [0, 0.1) is 17.8 Å². The van der Waals surface area contributed by atoms with Gasteiger partial charge in [0.15, 0.2) is 0 Å². The van der Waals surface area contributed by atoms with E-state index in [1.54, 1.807) is 30.0 Å². The number of rotatable bonds is 2. The van der Waals surface area contributed by atoms with Crippen molar-refractivity contribution in [2.45, 2.75) is 87.9 Å². The number of nitrogens with one attached hydrogen (secondary N) is 1. The summed E-state index contributed by atoms with van der Waals surface area (Å²) < 4.78 is 41.4. The second kappa shape index (κ2) is 13.9. The van der Waals surface area contributed by atoms with Gasteiger partial charge in [0.05, 0.1) is 42.8 Å². The molecule has 0 unspecified atom stereocenters. The minimum absolute atomic E-state index is 0.0361. The maximum absolute atomic E-state index is 13.7. The van der Waals surface area contributed by atoms with E-state index in [1.165, 1.54) is 11.1 Å². The van der Waals surface area contributed by atoms with Gasteiger partial charge in [-0.15, -0.1) is 0 Å². The number of nitrogens with zero attached hydrogens (tertiary/aromatic N) is 2. The van der Waals surface area contributed by atoms with Crippen molar-refractivity contribution < 1.29 is 32.6 Å². The van der Waals surface area contributed by atoms with Gasteiger partial charge in [0.1, 0.15) is 5.75 Å². The van der Waals surface area contributed by atoms with Gasteiger partial charge in [-0.2, -0.15) is 0 Å². The van der Waals surface area contributed by atoms with Crippen molar-refractivity contribution in [3.05, 3.63) is 58.1 Å². The highest BCUT2D eigenvalue weighted by atomic mass is 35.5. The van der Waals surface area contributed by atoms with E-state index in [2.05, 4.69) is 21.8 Å². The number of carbonyl (C=O) groups is 2. The van der Waals surface area contributed by atoms with Crippen LogP contribution in [0.1, 0.15) is 86.7 Å². The van der Waals surface area contributed by atoms with Crippen LogP contribution in [0.4, 0.5) is 5.69 Å². The number of ether oxygens (including phenoxy) is 2. The predicted octanol–water partition coefficient (Wildman–Crippen LogP) is 5.09. The molecule has 272 valence electrons. The van der Waals surface area contributed by atoms with Gasteiger partial charge in [-0.25, -0.2) is 13.1 Å². The average Bonchev–Trinajstić information content (AvgIpc) is 3.22. The summed E-state index contributed by atoms with van der Waals surface area (Å²) in [6.45, 7) is 7.20. The third-order valence-electron chi connectivity index (χ3n) is 12.5. The van der Waals surface area contributed by atoms with Crippen molar-refractivity contribution in [3.63, 3.8) is 0 Å². The lowest BCUT2D eigenvalue weighted by atomic mass is 9.61. The quantitative estimate of drug-likeness (QED) is 0.439. The number of morpholine rings is 1. The molecule has 2 bridgehead atoms. The molecule has 3 aliphatic heterocycles. The van der Waals surface area contributed by atoms with Gasteiger partial charge < -0.3 is 24.4 Å². The molecule has 6 atom stereocenters. The summed E-state index contributed by atoms with van der Waals surface area (Å²) in [5.74, 6) is -0.352. The third-order valence-corrected chi connectivity index (χ3v) is 14.6. The summed E-state index contributed by atoms with van der Waals surface area (Å²) in [6, 6.07) is 11.3. The number of halogens is 1. The molecule has 10 nitrogen and oxygen atoms in total. The molecule has 2 aromatic carbocycles. The highest BCUT2D eigenvalue weighted by Crippen LogP contribution is 2.50. The van der Waals surface area contributed by atoms with E-state index >= 15 is 0 Å². The van der Waals surface area contributed by atoms with Crippen molar-refractivity contribution in [2.75, 3.05) is 50.9 Å². The smallest absolute Gasteiger partial charge is 0.264 e. The first-order valence-electron chi connectivity index (χ1n) is 18.3. The molecule has 0 radical (unpaired) electrons. The zero-order valence-electron chi connectivity index (χ0n) is 29.2. The molecule has 1 saturated carbocycles. The monoisotopic (exact) mass is 727 g/mol. The first kappa shape index (κ1) is 35.5. The van der Waals surface area contributed by atoms with E-state index < -0.39 is 26.8 Å². The first-order valence-corrected chi connectivity index (χ1v) is 20.2. The molecule has 3 heterocycles. The molecule has 2 N–H and O–H groups in total. The van der Waals surface area contributed by atoms with E-state index in [9.17, 15) is 23.1 Å². The Hall–Kier alpha value is -2.86. The second-order valence-electron chi connectivity index (χ2n) is 15.6. The predicted molar refractivity (Wildman–Crippen MR) is 192 cm³/mol. The lowest BCUT2D eigenvalue weighted by molar-refractivity contribution is -0.149. The fraction of sp³-hybridized carbons (Fsp3) is 0.632. The summed E-state index contributed by atoms with van der Waals surface area (Å²) in [5, 5.41) is 12.4. The number of anilines is 1. The summed E-state index contributed by atoms with van der Waals surface area (Å²) in [4.78, 5) is 31.3. The lowest BCUT2D eigenvalue weighted by Gasteiger charge is -2.50. The third kappa shape index (κ3) is 6.87. The van der Waals surface area contributed by atoms with E-state index in [-0.39, 0.29) is 41.1 Å². The number of hydrogen-bond donors (Lipinski definition) is 2. The van der Waals surface area contributed by atoms with Crippen molar-refractivity contribution in [2.24, 2.45) is 17.8 Å². The number of hydrogen-bond acceptors (Lipinski definition) is 8. The van der Waals surface area contributed by atoms with Crippen LogP contribution in [0.3, 0.4) is 0 Å². The second-order valence-corrected chi connectivity index (χ2v) is 18.0. The topological polar surface area (TPSA) is 125 Å². The van der Waals surface area contributed by atoms with Crippen LogP contribution >= 0.6 is 11.6 Å². The number of fused-ring (bicyclic) bond motifs is 4. The molecule has 0 aromatic heterocycles. The van der Waals surface area contributed by atoms with Crippen molar-refractivity contribution in [3.8, 4) is 5.75 Å². The Balaban J connectivity index is 1.28. The standard InChI is InChI=1S/C38H50ClN3O7S/c1-25-5-3-14-38(45,21-35(43)41-15-17-48-18-16-41)32-10-7-29(32)22-42-23-37(13-4-6-27-19-30(39)9-11-31(27)37)24-49-34-12-8-28(20-33(34)42)36(44)40-50(46,47)26(25)2/h8-9,11-12,19-20,25-26,29,32,45H,3-7,10,13-18,21-24H2,1-2H3,(H,40,44)/t25-,26+,29-,32+,37-,38-/m0/s1. The molecule has 7 rings (SSSR count). The van der Waals surface area contributed by atoms with Gasteiger partial charge in [0.2, 0.25) is 15.9 Å². The largest absolute Gasteiger partial charge is 0.490 e. The summed E-state index contributed by atoms with van der Waals surface area (Å²) in [7, 11) is -4.00. The summed E-state index contributed by atoms with van der Waals surface area (Å²) in [5.41, 5.74) is 1.86. The fourth-order valence-electron chi connectivity index (χ4n) is 9.18. The van der Waals surface area contributed by atoms with Crippen molar-refractivity contribution in [1.82, 2.24) is 9.62 Å². The number of benzene rings is 2. The minimum atomic E-state index is -4.00. The van der Waals surface area contributed by atoms with Crippen molar-refractivity contribution in [1.29, 1.82) is 0 Å². The minimum Gasteiger partial charge on any atom is -0.490 e. The molecule has 2 aromatic rings. The molecule has 5 aliphatic rings. The van der Waals surface area contributed by atoms with Crippen LogP contribution in [0.15, 0.2) is 36.4 Å². The Bertz CT molecular complexity index is 1730. The van der Waals surface area contributed by atoms with Gasteiger partial charge in [-0.05, 0) is 111 Å². The van der Waals surface area contributed by atoms with E-state index in [0.717, 1.165) is 37.8 Å². The SMILES string of the molecule is C[C@@H]1[C@@H](C)CCC[C@](O)(CC(=O)N2CCOCC2)[C@@H]2CC[C@H]2CN2C[C@@]3(CCCc4cc(Cl)ccc43)COc3ccc(cc32)C(=O)NS1(=O)=O. The highest BCUT2D eigenvalue weighted by Gasteiger charge is 2.50. The van der Waals surface area contributed by atoms with Crippen LogP contribution in [0.5, 0.6) is 5.75 Å². The Labute approximate surface area is 300 Å². The molecule has 2 amide bonds. The van der Waals surface area contributed by atoms with Gasteiger partial charge >= 0.3 is 0 Å². The Morgan fingerprint density at radius 3 is 2.62 bits per heavy atom. The molecular weight excluding hydrogens is 678 g/mol. The number of amides is 2. The molecule has 50 heavy (non-hydrogen) atoms. The number of aryl methyl sites for hydroxylation is 1. The number of sulfonamides is 1. The summed E-state index contributed by atoms with van der Waals surface area (Å²) in [6.07, 6.45) is 6.10. The van der Waals surface area contributed by atoms with Gasteiger partial charge in [0.25, 0.3) is 5.91 Å². The zero-order chi connectivity index (χ0) is 35.3. The van der Waals surface area contributed by atoms with Crippen LogP contribution < -0.4 is 14.4 Å². The maximum atomic E-state index is 13.7. The van der Waals surface area contributed by atoms with E-state index in [0.29, 0.717) is 76.0 Å². The van der Waals surface area contributed by atoms with Gasteiger partial charge in [-0.3, -0.25) is 9.59 Å². The maximum Gasteiger partial charge on any atom is 0.264 e. The van der Waals surface area contributed by atoms with Crippen LogP contribution in [-0.4, -0.2) is 87.1 Å². The number of aliphatic hydroxyl groups is 1. The molecule has 2 fully saturated rings. The number of carbonyl (C=O) groups excluding carboxylic acids is 2. The normalized spacial score (nSPS) is 32.8. The highest BCUT2D eigenvalue weighted by molar-refractivity contribution is 7.90. The Kier molecular flexibility index (Phi) is 9.90. The van der Waals surface area contributed by atoms with E-state index in [1.807, 2.05) is 13.0 Å². The summed E-state index contributed by atoms with van der Waals surface area (Å²) >= 11 is 6.45. The Morgan fingerprint density at radius 2 is 1.86 bits per heavy atom. The van der Waals surface area contributed by atoms with Crippen LogP contribution in [-0.2, 0) is 31.4 Å². The molecule has 12 heteroatoms. The van der Waals surface area contributed by atoms with E-state index in [4.69, 9.17) is 21.1 Å². The van der Waals surface area contributed by atoms with Gasteiger partial charge in [-0.1, -0.05) is 31.0 Å². The average molecular weight is 728 g/mol. The lowest BCUT2D eigenvalue weighted by Crippen LogP contribution is -2.55. The molecule has 2 aliphatic carbocycles. The molecular formula is C38H50ClN3O7S. The van der Waals surface area contributed by atoms with Crippen molar-refractivity contribution >= 4 is 39.1 Å². The zero-order valence-corrected chi connectivity index (χ0v) is 30.7. The fourth-order valence-corrected chi connectivity index (χ4v) is 10.7. The molecule has 1 saturated heterocycles. The van der Waals surface area contributed by atoms with Gasteiger partial charge in [0, 0.05) is 42.2 Å². The van der Waals surface area contributed by atoms with Crippen LogP contribution in [0.2, 0.25) is 5.02 Å². The molecule has 1 spiro atoms. The first-order chi connectivity index (χ1) is 23.9. The van der Waals surface area contributed by atoms with Crippen LogP contribution in [0.25, 0.3) is 0 Å². The Morgan fingerprint density at radius 1 is 1.06 bits per heavy atom.